The van der Waals surface area contributed by atoms with Gasteiger partial charge in [0, 0.05) is 18.5 Å². The van der Waals surface area contributed by atoms with Crippen LogP contribution in [0.1, 0.15) is 18.9 Å². The Hall–Kier alpha value is -2.88. The molecule has 1 atom stereocenters. The number of hydrogen-bond acceptors (Lipinski definition) is 2. The quantitative estimate of drug-likeness (QED) is 0.864. The molecule has 4 nitrogen and oxygen atoms in total. The number of hydrogen-bond donors (Lipinski definition) is 1. The van der Waals surface area contributed by atoms with E-state index in [9.17, 15) is 9.59 Å². The maximum atomic E-state index is 12.7. The van der Waals surface area contributed by atoms with Crippen molar-refractivity contribution in [1.82, 2.24) is 0 Å². The Kier molecular flexibility index (Phi) is 4.24. The number of nitrogens with one attached hydrogen (secondary N) is 1. The third-order valence-electron chi connectivity index (χ3n) is 3.81. The second-order valence-electron chi connectivity index (χ2n) is 5.57. The van der Waals surface area contributed by atoms with Gasteiger partial charge in [0.2, 0.25) is 5.91 Å². The molecule has 0 fully saturated rings. The molecule has 116 valence electrons. The van der Waals surface area contributed by atoms with Gasteiger partial charge in [0.15, 0.2) is 0 Å². The van der Waals surface area contributed by atoms with Gasteiger partial charge in [0.25, 0.3) is 5.91 Å². The van der Waals surface area contributed by atoms with Gasteiger partial charge in [-0.1, -0.05) is 42.5 Å². The predicted octanol–water partition coefficient (Wildman–Crippen LogP) is 3.46. The Morgan fingerprint density at radius 1 is 1.13 bits per heavy atom. The SMILES string of the molecule is CC1CC(=O)Nc2ccccc2N1C(=O)/C=C\c1ccccc1. The van der Waals surface area contributed by atoms with Gasteiger partial charge in [0.05, 0.1) is 11.4 Å². The van der Waals surface area contributed by atoms with E-state index in [0.717, 1.165) is 11.3 Å². The highest BCUT2D eigenvalue weighted by atomic mass is 16.2. The number of para-hydroxylation sites is 2. The number of rotatable bonds is 2. The fourth-order valence-corrected chi connectivity index (χ4v) is 2.74. The van der Waals surface area contributed by atoms with Crippen LogP contribution in [0.15, 0.2) is 60.7 Å². The molecule has 2 amide bonds. The van der Waals surface area contributed by atoms with E-state index in [1.165, 1.54) is 0 Å². The second-order valence-corrected chi connectivity index (χ2v) is 5.57. The molecule has 1 aliphatic heterocycles. The molecule has 3 rings (SSSR count). The molecule has 0 spiro atoms. The fraction of sp³-hybridized carbons (Fsp3) is 0.158. The maximum Gasteiger partial charge on any atom is 0.251 e. The number of fused-ring (bicyclic) bond motifs is 1. The largest absolute Gasteiger partial charge is 0.324 e. The summed E-state index contributed by atoms with van der Waals surface area (Å²) in [5, 5.41) is 2.85. The Balaban J connectivity index is 1.92. The summed E-state index contributed by atoms with van der Waals surface area (Å²) in [6.45, 7) is 1.88. The van der Waals surface area contributed by atoms with Crippen molar-refractivity contribution in [1.29, 1.82) is 0 Å². The van der Waals surface area contributed by atoms with Gasteiger partial charge >= 0.3 is 0 Å². The van der Waals surface area contributed by atoms with Crippen LogP contribution in [-0.2, 0) is 9.59 Å². The molecule has 1 aliphatic rings. The molecule has 1 N–H and O–H groups in total. The van der Waals surface area contributed by atoms with Crippen LogP contribution in [-0.4, -0.2) is 17.9 Å². The first-order valence-corrected chi connectivity index (χ1v) is 7.60. The summed E-state index contributed by atoms with van der Waals surface area (Å²) < 4.78 is 0. The van der Waals surface area contributed by atoms with Gasteiger partial charge in [0.1, 0.15) is 0 Å². The molecule has 4 heteroatoms. The van der Waals surface area contributed by atoms with Gasteiger partial charge < -0.3 is 10.2 Å². The monoisotopic (exact) mass is 306 g/mol. The third kappa shape index (κ3) is 3.31. The Bertz CT molecular complexity index is 753. The van der Waals surface area contributed by atoms with E-state index < -0.39 is 0 Å². The summed E-state index contributed by atoms with van der Waals surface area (Å²) in [4.78, 5) is 26.3. The van der Waals surface area contributed by atoms with Crippen molar-refractivity contribution in [2.75, 3.05) is 10.2 Å². The van der Waals surface area contributed by atoms with Crippen molar-refractivity contribution >= 4 is 29.3 Å². The molecule has 2 aromatic rings. The van der Waals surface area contributed by atoms with Gasteiger partial charge in [-0.05, 0) is 30.7 Å². The van der Waals surface area contributed by atoms with Gasteiger partial charge in [-0.2, -0.15) is 0 Å². The van der Waals surface area contributed by atoms with Crippen molar-refractivity contribution in [3.05, 3.63) is 66.2 Å². The van der Waals surface area contributed by atoms with E-state index in [-0.39, 0.29) is 24.3 Å². The molecule has 0 bridgehead atoms. The van der Waals surface area contributed by atoms with Crippen molar-refractivity contribution < 1.29 is 9.59 Å². The lowest BCUT2D eigenvalue weighted by molar-refractivity contribution is -0.116. The molecule has 1 unspecified atom stereocenters. The predicted molar refractivity (Wildman–Crippen MR) is 92.1 cm³/mol. The van der Waals surface area contributed by atoms with Crippen molar-refractivity contribution in [3.63, 3.8) is 0 Å². The second kappa shape index (κ2) is 6.48. The van der Waals surface area contributed by atoms with Crippen LogP contribution in [0.25, 0.3) is 6.08 Å². The molecular formula is C19H18N2O2. The van der Waals surface area contributed by atoms with Crippen LogP contribution in [0.5, 0.6) is 0 Å². The van der Waals surface area contributed by atoms with Crippen molar-refractivity contribution in [2.24, 2.45) is 0 Å². The smallest absolute Gasteiger partial charge is 0.251 e. The van der Waals surface area contributed by atoms with E-state index in [2.05, 4.69) is 5.32 Å². The number of amides is 2. The van der Waals surface area contributed by atoms with Crippen LogP contribution >= 0.6 is 0 Å². The van der Waals surface area contributed by atoms with E-state index in [1.54, 1.807) is 17.1 Å². The van der Waals surface area contributed by atoms with Crippen molar-refractivity contribution in [3.8, 4) is 0 Å². The molecular weight excluding hydrogens is 288 g/mol. The van der Waals surface area contributed by atoms with Crippen LogP contribution < -0.4 is 10.2 Å². The van der Waals surface area contributed by atoms with Gasteiger partial charge in [-0.25, -0.2) is 0 Å². The molecule has 0 radical (unpaired) electrons. The average Bonchev–Trinajstić information content (AvgIpc) is 2.68. The summed E-state index contributed by atoms with van der Waals surface area (Å²) in [6, 6.07) is 16.8. The molecule has 23 heavy (non-hydrogen) atoms. The van der Waals surface area contributed by atoms with Crippen LogP contribution in [0, 0.1) is 0 Å². The lowest BCUT2D eigenvalue weighted by Crippen LogP contribution is -2.37. The number of nitrogens with zero attached hydrogens (tertiary/aromatic N) is 1. The summed E-state index contributed by atoms with van der Waals surface area (Å²) in [6.07, 6.45) is 3.62. The van der Waals surface area contributed by atoms with Gasteiger partial charge in [-0.15, -0.1) is 0 Å². The van der Waals surface area contributed by atoms with E-state index in [4.69, 9.17) is 0 Å². The number of carbonyl (C=O) groups excluding carboxylic acids is 2. The Labute approximate surface area is 135 Å². The highest BCUT2D eigenvalue weighted by Gasteiger charge is 2.28. The van der Waals surface area contributed by atoms with Crippen LogP contribution in [0.3, 0.4) is 0 Å². The van der Waals surface area contributed by atoms with Crippen LogP contribution in [0.2, 0.25) is 0 Å². The van der Waals surface area contributed by atoms with Crippen molar-refractivity contribution in [2.45, 2.75) is 19.4 Å². The van der Waals surface area contributed by atoms with Crippen LogP contribution in [0.4, 0.5) is 11.4 Å². The zero-order chi connectivity index (χ0) is 16.2. The zero-order valence-corrected chi connectivity index (χ0v) is 12.9. The molecule has 0 aromatic heterocycles. The number of carbonyl (C=O) groups is 2. The van der Waals surface area contributed by atoms with E-state index in [0.29, 0.717) is 5.69 Å². The number of benzene rings is 2. The minimum atomic E-state index is -0.202. The topological polar surface area (TPSA) is 49.4 Å². The molecule has 0 aliphatic carbocycles. The Morgan fingerprint density at radius 3 is 2.61 bits per heavy atom. The lowest BCUT2D eigenvalue weighted by Gasteiger charge is -2.26. The highest BCUT2D eigenvalue weighted by Crippen LogP contribution is 2.31. The summed E-state index contributed by atoms with van der Waals surface area (Å²) in [5.74, 6) is -0.211. The molecule has 1 heterocycles. The molecule has 0 saturated carbocycles. The summed E-state index contributed by atoms with van der Waals surface area (Å²) >= 11 is 0. The summed E-state index contributed by atoms with van der Waals surface area (Å²) in [5.41, 5.74) is 2.36. The average molecular weight is 306 g/mol. The minimum Gasteiger partial charge on any atom is -0.324 e. The highest BCUT2D eigenvalue weighted by molar-refractivity contribution is 6.09. The maximum absolute atomic E-state index is 12.7. The third-order valence-corrected chi connectivity index (χ3v) is 3.81. The van der Waals surface area contributed by atoms with E-state index in [1.807, 2.05) is 61.5 Å². The standard InChI is InChI=1S/C19H18N2O2/c1-14-13-18(22)20-16-9-5-6-10-17(16)21(14)19(23)12-11-15-7-3-2-4-8-15/h2-12,14H,13H2,1H3,(H,20,22)/b12-11-. The molecule has 0 saturated heterocycles. The molecule has 2 aromatic carbocycles. The Morgan fingerprint density at radius 2 is 1.83 bits per heavy atom. The van der Waals surface area contributed by atoms with Gasteiger partial charge in [-0.3, -0.25) is 9.59 Å². The number of anilines is 2. The van der Waals surface area contributed by atoms with E-state index >= 15 is 0 Å². The lowest BCUT2D eigenvalue weighted by atomic mass is 10.1. The summed E-state index contributed by atoms with van der Waals surface area (Å²) in [7, 11) is 0. The first-order valence-electron chi connectivity index (χ1n) is 7.60. The minimum absolute atomic E-state index is 0.0766. The fourth-order valence-electron chi connectivity index (χ4n) is 2.74. The normalized spacial score (nSPS) is 17.5. The zero-order valence-electron chi connectivity index (χ0n) is 12.9. The first-order chi connectivity index (χ1) is 11.1. The first kappa shape index (κ1) is 15.0.